The molecular weight excluding hydrogens is 395 g/mol. The third-order valence-electron chi connectivity index (χ3n) is 3.32. The zero-order valence-electron chi connectivity index (χ0n) is 14.1. The van der Waals surface area contributed by atoms with Gasteiger partial charge in [-0.3, -0.25) is 0 Å². The van der Waals surface area contributed by atoms with Gasteiger partial charge in [-0.1, -0.05) is 78.1 Å². The van der Waals surface area contributed by atoms with Gasteiger partial charge in [0.2, 0.25) is 0 Å². The minimum absolute atomic E-state index is 0. The molecule has 0 aliphatic heterocycles. The third-order valence-corrected chi connectivity index (χ3v) is 3.32. The fourth-order valence-electron chi connectivity index (χ4n) is 1.77. The molecule has 2 saturated carbocycles. The fraction of sp³-hybridized carbons (Fsp3) is 0.889. The topological polar surface area (TPSA) is 0 Å². The number of rotatable bonds is 2. The van der Waals surface area contributed by atoms with Crippen LogP contribution in [-0.4, -0.2) is 0 Å². The standard InChI is InChI=1S/2C5H10.2C4H9.Hf/c2*1-2-4-5-3-1;2*1-3-4-2;/h2*1-5H2;2*3H,4H2,1-2H3;/q;;2*-1;+4. The molecule has 0 spiro atoms. The number of unbranched alkanes of at least 4 members (excludes halogenated alkanes) is 2. The Balaban J connectivity index is -0.000000178. The third kappa shape index (κ3) is 32.4. The van der Waals surface area contributed by atoms with Crippen LogP contribution in [0.15, 0.2) is 0 Å². The Morgan fingerprint density at radius 3 is 0.684 bits per heavy atom. The first-order chi connectivity index (χ1) is 8.83. The van der Waals surface area contributed by atoms with E-state index < -0.39 is 0 Å². The van der Waals surface area contributed by atoms with Gasteiger partial charge in [-0.25, -0.2) is 0 Å². The quantitative estimate of drug-likeness (QED) is 0.321. The molecule has 2 aliphatic rings. The van der Waals surface area contributed by atoms with Gasteiger partial charge in [0.05, 0.1) is 0 Å². The summed E-state index contributed by atoms with van der Waals surface area (Å²) in [6, 6.07) is 0. The molecule has 0 aromatic rings. The average Bonchev–Trinajstić information content (AvgIpc) is 3.14. The molecule has 0 N–H and O–H groups in total. The molecule has 112 valence electrons. The second-order valence-corrected chi connectivity index (χ2v) is 5.17. The molecule has 0 unspecified atom stereocenters. The van der Waals surface area contributed by atoms with E-state index in [0.717, 1.165) is 0 Å². The van der Waals surface area contributed by atoms with Crippen molar-refractivity contribution in [3.05, 3.63) is 12.8 Å². The molecule has 0 nitrogen and oxygen atoms in total. The van der Waals surface area contributed by atoms with Crippen LogP contribution in [0.3, 0.4) is 0 Å². The van der Waals surface area contributed by atoms with Crippen molar-refractivity contribution in [3.63, 3.8) is 0 Å². The molecule has 0 aromatic heterocycles. The Labute approximate surface area is 143 Å². The summed E-state index contributed by atoms with van der Waals surface area (Å²) in [5.74, 6) is 0. The zero-order chi connectivity index (χ0) is 13.9. The van der Waals surface area contributed by atoms with E-state index >= 15 is 0 Å². The maximum absolute atomic E-state index is 2.12. The van der Waals surface area contributed by atoms with Gasteiger partial charge in [-0.05, 0) is 0 Å². The Kier molecular flexibility index (Phi) is 35.7. The smallest absolute Gasteiger partial charge is 0.332 e. The van der Waals surface area contributed by atoms with Crippen LogP contribution in [0.25, 0.3) is 0 Å². The predicted molar refractivity (Wildman–Crippen MR) is 86.7 cm³/mol. The summed E-state index contributed by atoms with van der Waals surface area (Å²) in [4.78, 5) is 0. The van der Waals surface area contributed by atoms with Crippen molar-refractivity contribution in [1.29, 1.82) is 0 Å². The molecule has 0 atom stereocenters. The van der Waals surface area contributed by atoms with Crippen LogP contribution < -0.4 is 0 Å². The first-order valence-corrected chi connectivity index (χ1v) is 8.39. The van der Waals surface area contributed by atoms with E-state index in [1.807, 2.05) is 0 Å². The summed E-state index contributed by atoms with van der Waals surface area (Å²) in [7, 11) is 0. The minimum atomic E-state index is 0. The Morgan fingerprint density at radius 2 is 0.632 bits per heavy atom. The van der Waals surface area contributed by atoms with Gasteiger partial charge in [0.25, 0.3) is 0 Å². The van der Waals surface area contributed by atoms with Crippen molar-refractivity contribution < 1.29 is 25.8 Å². The average molecular weight is 433 g/mol. The summed E-state index contributed by atoms with van der Waals surface area (Å²) in [5, 5.41) is 0. The van der Waals surface area contributed by atoms with Crippen LogP contribution in [0.4, 0.5) is 0 Å². The predicted octanol–water partition coefficient (Wildman–Crippen LogP) is 7.14. The first kappa shape index (κ1) is 24.9. The zero-order valence-corrected chi connectivity index (χ0v) is 17.7. The van der Waals surface area contributed by atoms with Crippen molar-refractivity contribution in [2.45, 2.75) is 105 Å². The van der Waals surface area contributed by atoms with E-state index in [4.69, 9.17) is 0 Å². The summed E-state index contributed by atoms with van der Waals surface area (Å²) < 4.78 is 0. The molecule has 0 saturated heterocycles. The second kappa shape index (κ2) is 27.3. The van der Waals surface area contributed by atoms with E-state index in [-0.39, 0.29) is 25.8 Å². The molecule has 2 rings (SSSR count). The van der Waals surface area contributed by atoms with E-state index in [9.17, 15) is 0 Å². The van der Waals surface area contributed by atoms with Crippen molar-refractivity contribution in [1.82, 2.24) is 0 Å². The summed E-state index contributed by atoms with van der Waals surface area (Å²) >= 11 is 0. The van der Waals surface area contributed by atoms with Crippen molar-refractivity contribution in [2.75, 3.05) is 0 Å². The SMILES string of the molecule is C1CCCC1.C1CCCC1.C[CH-]CC.C[CH-]CC.[Hf+4]. The Hall–Kier alpha value is 0.870. The summed E-state index contributed by atoms with van der Waals surface area (Å²) in [6.45, 7) is 8.36. The minimum Gasteiger partial charge on any atom is -0.332 e. The van der Waals surface area contributed by atoms with Gasteiger partial charge in [-0.2, -0.15) is 26.7 Å². The van der Waals surface area contributed by atoms with Crippen LogP contribution in [0.1, 0.15) is 105 Å². The molecular formula is C18H38Hf+2. The van der Waals surface area contributed by atoms with Gasteiger partial charge in [0.1, 0.15) is 0 Å². The number of hydrogen-bond donors (Lipinski definition) is 0. The Bertz CT molecular complexity index is 71.0. The molecule has 0 amide bonds. The van der Waals surface area contributed by atoms with Crippen molar-refractivity contribution >= 4 is 0 Å². The normalized spacial score (nSPS) is 15.8. The van der Waals surface area contributed by atoms with Gasteiger partial charge >= 0.3 is 25.8 Å². The first-order valence-electron chi connectivity index (χ1n) is 8.39. The molecule has 19 heavy (non-hydrogen) atoms. The second-order valence-electron chi connectivity index (χ2n) is 5.17. The Morgan fingerprint density at radius 1 is 0.526 bits per heavy atom. The number of hydrogen-bond acceptors (Lipinski definition) is 0. The van der Waals surface area contributed by atoms with Crippen molar-refractivity contribution in [3.8, 4) is 0 Å². The molecule has 2 fully saturated rings. The van der Waals surface area contributed by atoms with E-state index in [2.05, 4.69) is 40.5 Å². The monoisotopic (exact) mass is 434 g/mol. The van der Waals surface area contributed by atoms with Crippen LogP contribution in [-0.2, 0) is 25.8 Å². The largest absolute Gasteiger partial charge is 4.00 e. The van der Waals surface area contributed by atoms with Crippen LogP contribution >= 0.6 is 0 Å². The van der Waals surface area contributed by atoms with Gasteiger partial charge in [0, 0.05) is 0 Å². The van der Waals surface area contributed by atoms with Gasteiger partial charge < -0.3 is 12.8 Å². The molecule has 0 heterocycles. The molecule has 0 radical (unpaired) electrons. The van der Waals surface area contributed by atoms with E-state index in [0.29, 0.717) is 0 Å². The maximum atomic E-state index is 2.12. The molecule has 0 bridgehead atoms. The van der Waals surface area contributed by atoms with Crippen LogP contribution in [0.2, 0.25) is 0 Å². The fourth-order valence-corrected chi connectivity index (χ4v) is 1.77. The van der Waals surface area contributed by atoms with Crippen molar-refractivity contribution in [2.24, 2.45) is 0 Å². The molecule has 2 aliphatic carbocycles. The summed E-state index contributed by atoms with van der Waals surface area (Å²) in [5.41, 5.74) is 0. The van der Waals surface area contributed by atoms with E-state index in [1.54, 1.807) is 0 Å². The molecule has 0 aromatic carbocycles. The van der Waals surface area contributed by atoms with Crippen LogP contribution in [0.5, 0.6) is 0 Å². The summed E-state index contributed by atoms with van der Waals surface area (Å²) in [6.07, 6.45) is 21.6. The van der Waals surface area contributed by atoms with Gasteiger partial charge in [-0.15, -0.1) is 0 Å². The molecule has 1 heteroatoms. The van der Waals surface area contributed by atoms with E-state index in [1.165, 1.54) is 77.0 Å². The van der Waals surface area contributed by atoms with Crippen LogP contribution in [0, 0.1) is 12.8 Å². The maximum Gasteiger partial charge on any atom is 4.00 e. The van der Waals surface area contributed by atoms with Gasteiger partial charge in [0.15, 0.2) is 0 Å².